The Morgan fingerprint density at radius 2 is 1.68 bits per heavy atom. The van der Waals surface area contributed by atoms with Crippen molar-refractivity contribution in [1.29, 1.82) is 0 Å². The number of amides is 1. The highest BCUT2D eigenvalue weighted by Crippen LogP contribution is 2.17. The first-order chi connectivity index (χ1) is 12.1. The molecule has 2 N–H and O–H groups in total. The summed E-state index contributed by atoms with van der Waals surface area (Å²) in [5.41, 5.74) is 2.49. The molecule has 1 fully saturated rings. The Hall–Kier alpha value is -1.98. The van der Waals surface area contributed by atoms with Crippen LogP contribution in [0.3, 0.4) is 0 Å². The van der Waals surface area contributed by atoms with Crippen molar-refractivity contribution < 1.29 is 14.5 Å². The van der Waals surface area contributed by atoms with Crippen LogP contribution in [-0.4, -0.2) is 24.8 Å². The Morgan fingerprint density at radius 3 is 2.36 bits per heavy atom. The lowest BCUT2D eigenvalue weighted by Crippen LogP contribution is -3.11. The molecule has 0 saturated carbocycles. The molecule has 2 aromatic rings. The van der Waals surface area contributed by atoms with Crippen molar-refractivity contribution in [2.24, 2.45) is 0 Å². The summed E-state index contributed by atoms with van der Waals surface area (Å²) in [5, 5.41) is 3.00. The van der Waals surface area contributed by atoms with E-state index in [2.05, 4.69) is 23.5 Å². The second-order valence-electron chi connectivity index (χ2n) is 6.66. The summed E-state index contributed by atoms with van der Waals surface area (Å²) in [6, 6.07) is 11.8. The lowest BCUT2D eigenvalue weighted by molar-refractivity contribution is -0.918. The molecule has 0 spiro atoms. The average Bonchev–Trinajstić information content (AvgIpc) is 3.12. The van der Waals surface area contributed by atoms with Crippen LogP contribution in [-0.2, 0) is 13.1 Å². The molecule has 25 heavy (non-hydrogen) atoms. The third kappa shape index (κ3) is 4.77. The van der Waals surface area contributed by atoms with Gasteiger partial charge in [-0.3, -0.25) is 9.59 Å². The fourth-order valence-electron chi connectivity index (χ4n) is 3.31. The van der Waals surface area contributed by atoms with Gasteiger partial charge in [-0.05, 0) is 43.9 Å². The number of nitrogens with one attached hydrogen (secondary N) is 2. The van der Waals surface area contributed by atoms with Crippen molar-refractivity contribution in [2.75, 3.05) is 13.1 Å². The molecule has 0 aliphatic carbocycles. The van der Waals surface area contributed by atoms with Gasteiger partial charge < -0.3 is 10.2 Å². The van der Waals surface area contributed by atoms with Gasteiger partial charge in [0.05, 0.1) is 22.8 Å². The molecular weight excluding hydrogens is 332 g/mol. The van der Waals surface area contributed by atoms with Gasteiger partial charge in [0.1, 0.15) is 6.54 Å². The lowest BCUT2D eigenvalue weighted by Gasteiger charge is -2.24. The maximum absolute atomic E-state index is 12.3. The van der Waals surface area contributed by atoms with E-state index in [4.69, 9.17) is 0 Å². The van der Waals surface area contributed by atoms with Crippen molar-refractivity contribution in [3.63, 3.8) is 0 Å². The van der Waals surface area contributed by atoms with Crippen molar-refractivity contribution >= 4 is 23.0 Å². The van der Waals surface area contributed by atoms with Gasteiger partial charge >= 0.3 is 0 Å². The van der Waals surface area contributed by atoms with Crippen LogP contribution >= 0.6 is 11.3 Å². The second kappa shape index (κ2) is 8.41. The van der Waals surface area contributed by atoms with Gasteiger partial charge in [0.25, 0.3) is 5.91 Å². The fourth-order valence-corrected chi connectivity index (χ4v) is 4.13. The number of ketones is 1. The van der Waals surface area contributed by atoms with Crippen LogP contribution in [0.4, 0.5) is 0 Å². The molecule has 2 heterocycles. The van der Waals surface area contributed by atoms with Crippen LogP contribution in [0.5, 0.6) is 0 Å². The molecule has 0 bridgehead atoms. The SMILES string of the molecule is CC(=O)c1ccc(C(=O)NCc2ccccc2C[NH+]2CCCCC2)s1. The third-order valence-electron chi connectivity index (χ3n) is 4.74. The molecule has 5 heteroatoms. The molecule has 1 aliphatic heterocycles. The zero-order valence-electron chi connectivity index (χ0n) is 14.6. The minimum Gasteiger partial charge on any atom is -0.347 e. The zero-order chi connectivity index (χ0) is 17.6. The highest BCUT2D eigenvalue weighted by molar-refractivity contribution is 7.15. The van der Waals surface area contributed by atoms with E-state index in [-0.39, 0.29) is 11.7 Å². The Bertz CT molecular complexity index is 748. The van der Waals surface area contributed by atoms with E-state index in [0.717, 1.165) is 6.54 Å². The minimum absolute atomic E-state index is 0.00102. The van der Waals surface area contributed by atoms with Crippen LogP contribution in [0.2, 0.25) is 0 Å². The number of thiophene rings is 1. The number of carbonyl (C=O) groups is 2. The average molecular weight is 357 g/mol. The first-order valence-electron chi connectivity index (χ1n) is 8.93. The Morgan fingerprint density at radius 1 is 1.00 bits per heavy atom. The highest BCUT2D eigenvalue weighted by Gasteiger charge is 2.16. The summed E-state index contributed by atoms with van der Waals surface area (Å²) >= 11 is 1.25. The molecule has 3 rings (SSSR count). The molecule has 0 atom stereocenters. The van der Waals surface area contributed by atoms with Gasteiger partial charge in [0.15, 0.2) is 5.78 Å². The Balaban J connectivity index is 1.62. The summed E-state index contributed by atoms with van der Waals surface area (Å²) in [6.45, 7) is 5.55. The van der Waals surface area contributed by atoms with Crippen LogP contribution in [0.25, 0.3) is 0 Å². The van der Waals surface area contributed by atoms with Crippen molar-refractivity contribution in [3.05, 3.63) is 57.3 Å². The van der Waals surface area contributed by atoms with E-state index in [1.807, 2.05) is 6.07 Å². The van der Waals surface area contributed by atoms with Crippen LogP contribution in [0, 0.1) is 0 Å². The highest BCUT2D eigenvalue weighted by atomic mass is 32.1. The number of rotatable bonds is 6. The molecule has 132 valence electrons. The molecule has 1 amide bonds. The molecule has 1 saturated heterocycles. The van der Waals surface area contributed by atoms with E-state index in [0.29, 0.717) is 16.3 Å². The predicted octanol–water partition coefficient (Wildman–Crippen LogP) is 2.45. The van der Waals surface area contributed by atoms with E-state index in [1.54, 1.807) is 17.0 Å². The van der Waals surface area contributed by atoms with Gasteiger partial charge in [-0.25, -0.2) is 0 Å². The van der Waals surface area contributed by atoms with Crippen LogP contribution < -0.4 is 10.2 Å². The number of carbonyl (C=O) groups excluding carboxylic acids is 2. The summed E-state index contributed by atoms with van der Waals surface area (Å²) in [4.78, 5) is 26.6. The van der Waals surface area contributed by atoms with Crippen molar-refractivity contribution in [3.8, 4) is 0 Å². The fraction of sp³-hybridized carbons (Fsp3) is 0.400. The number of hydrogen-bond donors (Lipinski definition) is 2. The zero-order valence-corrected chi connectivity index (χ0v) is 15.5. The number of benzene rings is 1. The largest absolute Gasteiger partial charge is 0.347 e. The number of quaternary nitrogens is 1. The van der Waals surface area contributed by atoms with E-state index in [1.165, 1.54) is 61.7 Å². The van der Waals surface area contributed by atoms with E-state index in [9.17, 15) is 9.59 Å². The van der Waals surface area contributed by atoms with Gasteiger partial charge in [0, 0.05) is 12.1 Å². The molecule has 0 radical (unpaired) electrons. The summed E-state index contributed by atoms with van der Waals surface area (Å²) in [6.07, 6.45) is 3.97. The maximum Gasteiger partial charge on any atom is 0.261 e. The van der Waals surface area contributed by atoms with Crippen molar-refractivity contribution in [1.82, 2.24) is 5.32 Å². The number of Topliss-reactive ketones (excluding diaryl/α,β-unsaturated/α-hetero) is 1. The molecule has 1 aliphatic rings. The standard InChI is InChI=1S/C20H24N2O2S/c1-15(23)18-9-10-19(25-18)20(24)21-13-16-7-3-4-8-17(16)14-22-11-5-2-6-12-22/h3-4,7-10H,2,5-6,11-14H2,1H3,(H,21,24)/p+1. The smallest absolute Gasteiger partial charge is 0.261 e. The maximum atomic E-state index is 12.3. The molecular formula is C20H25N2O2S+. The van der Waals surface area contributed by atoms with Gasteiger partial charge in [-0.1, -0.05) is 24.3 Å². The Kier molecular flexibility index (Phi) is 6.00. The molecule has 1 aromatic heterocycles. The first kappa shape index (κ1) is 17.8. The third-order valence-corrected chi connectivity index (χ3v) is 5.92. The van der Waals surface area contributed by atoms with Gasteiger partial charge in [0.2, 0.25) is 0 Å². The topological polar surface area (TPSA) is 50.6 Å². The Labute approximate surface area is 152 Å². The normalized spacial score (nSPS) is 15.1. The first-order valence-corrected chi connectivity index (χ1v) is 9.74. The van der Waals surface area contributed by atoms with Crippen LogP contribution in [0.1, 0.15) is 56.7 Å². The second-order valence-corrected chi connectivity index (χ2v) is 7.74. The predicted molar refractivity (Wildman–Crippen MR) is 100 cm³/mol. The summed E-state index contributed by atoms with van der Waals surface area (Å²) in [7, 11) is 0. The summed E-state index contributed by atoms with van der Waals surface area (Å²) < 4.78 is 0. The molecule has 0 unspecified atom stereocenters. The van der Waals surface area contributed by atoms with Gasteiger partial charge in [-0.15, -0.1) is 11.3 Å². The van der Waals surface area contributed by atoms with E-state index < -0.39 is 0 Å². The lowest BCUT2D eigenvalue weighted by atomic mass is 10.0. The monoisotopic (exact) mass is 357 g/mol. The van der Waals surface area contributed by atoms with E-state index >= 15 is 0 Å². The molecule has 4 nitrogen and oxygen atoms in total. The molecule has 1 aromatic carbocycles. The quantitative estimate of drug-likeness (QED) is 0.780. The number of piperidine rings is 1. The van der Waals surface area contributed by atoms with Crippen LogP contribution in [0.15, 0.2) is 36.4 Å². The van der Waals surface area contributed by atoms with Gasteiger partial charge in [-0.2, -0.15) is 0 Å². The van der Waals surface area contributed by atoms with Crippen molar-refractivity contribution in [2.45, 2.75) is 39.3 Å². The minimum atomic E-state index is -0.113. The number of hydrogen-bond acceptors (Lipinski definition) is 3. The summed E-state index contributed by atoms with van der Waals surface area (Å²) in [5.74, 6) is -0.114. The number of likely N-dealkylation sites (tertiary alicyclic amines) is 1.